The number of rotatable bonds is 3. The number of para-hydroxylation sites is 1. The van der Waals surface area contributed by atoms with E-state index in [1.54, 1.807) is 42.5 Å². The minimum absolute atomic E-state index is 0.0452. The van der Waals surface area contributed by atoms with E-state index < -0.39 is 11.9 Å². The van der Waals surface area contributed by atoms with Crippen LogP contribution in [0.4, 0.5) is 0 Å². The predicted octanol–water partition coefficient (Wildman–Crippen LogP) is 2.34. The number of benzene rings is 2. The molecule has 0 saturated heterocycles. The van der Waals surface area contributed by atoms with Crippen LogP contribution in [0.5, 0.6) is 5.75 Å². The second-order valence-electron chi connectivity index (χ2n) is 3.76. The quantitative estimate of drug-likeness (QED) is 0.480. The van der Waals surface area contributed by atoms with Gasteiger partial charge in [0.15, 0.2) is 0 Å². The number of ether oxygens (including phenoxy) is 2. The smallest absolute Gasteiger partial charge is 0.422 e. The predicted molar refractivity (Wildman–Crippen MR) is 68.3 cm³/mol. The van der Waals surface area contributed by atoms with Crippen LogP contribution in [0.1, 0.15) is 5.56 Å². The molecule has 0 aromatic heterocycles. The summed E-state index contributed by atoms with van der Waals surface area (Å²) in [6.07, 6.45) is 0. The summed E-state index contributed by atoms with van der Waals surface area (Å²) in [5, 5.41) is 0. The highest BCUT2D eigenvalue weighted by molar-refractivity contribution is 6.30. The van der Waals surface area contributed by atoms with Gasteiger partial charge in [-0.2, -0.15) is 0 Å². The number of hydrogen-bond donors (Lipinski definition) is 0. The SMILES string of the molecule is O=C(OCc1ccccc1)C(=O)Oc1ccccc1. The van der Waals surface area contributed by atoms with E-state index in [9.17, 15) is 9.59 Å². The van der Waals surface area contributed by atoms with E-state index in [1.807, 2.05) is 18.2 Å². The lowest BCUT2D eigenvalue weighted by Crippen LogP contribution is -2.22. The van der Waals surface area contributed by atoms with E-state index in [2.05, 4.69) is 0 Å². The number of carbonyl (C=O) groups is 2. The van der Waals surface area contributed by atoms with Crippen LogP contribution in [0.15, 0.2) is 60.7 Å². The Morgan fingerprint density at radius 1 is 0.789 bits per heavy atom. The Labute approximate surface area is 110 Å². The second kappa shape index (κ2) is 6.35. The van der Waals surface area contributed by atoms with Gasteiger partial charge >= 0.3 is 11.9 Å². The lowest BCUT2D eigenvalue weighted by Gasteiger charge is -2.05. The van der Waals surface area contributed by atoms with Gasteiger partial charge < -0.3 is 9.47 Å². The van der Waals surface area contributed by atoms with Crippen LogP contribution in [0, 0.1) is 0 Å². The molecule has 0 amide bonds. The maximum Gasteiger partial charge on any atom is 0.422 e. The Kier molecular flexibility index (Phi) is 4.29. The molecule has 4 nitrogen and oxygen atoms in total. The molecule has 0 heterocycles. The van der Waals surface area contributed by atoms with Crippen molar-refractivity contribution in [2.45, 2.75) is 6.61 Å². The molecule has 0 saturated carbocycles. The molecule has 0 atom stereocenters. The summed E-state index contributed by atoms with van der Waals surface area (Å²) in [4.78, 5) is 22.9. The highest BCUT2D eigenvalue weighted by atomic mass is 16.6. The first-order valence-corrected chi connectivity index (χ1v) is 5.73. The van der Waals surface area contributed by atoms with Crippen molar-refractivity contribution in [3.05, 3.63) is 66.2 Å². The molecule has 0 unspecified atom stereocenters. The molecular formula is C15H12O4. The van der Waals surface area contributed by atoms with Crippen molar-refractivity contribution in [1.82, 2.24) is 0 Å². The minimum atomic E-state index is -1.03. The summed E-state index contributed by atoms with van der Waals surface area (Å²) >= 11 is 0. The summed E-state index contributed by atoms with van der Waals surface area (Å²) < 4.78 is 9.70. The largest absolute Gasteiger partial charge is 0.452 e. The van der Waals surface area contributed by atoms with Gasteiger partial charge in [0.2, 0.25) is 0 Å². The zero-order valence-corrected chi connectivity index (χ0v) is 10.1. The molecule has 2 aromatic rings. The van der Waals surface area contributed by atoms with Gasteiger partial charge in [-0.1, -0.05) is 48.5 Å². The van der Waals surface area contributed by atoms with Gasteiger partial charge in [0.05, 0.1) is 0 Å². The first-order valence-electron chi connectivity index (χ1n) is 5.73. The summed E-state index contributed by atoms with van der Waals surface area (Å²) in [6.45, 7) is 0.0452. The van der Waals surface area contributed by atoms with E-state index in [-0.39, 0.29) is 6.61 Å². The number of hydrogen-bond acceptors (Lipinski definition) is 4. The highest BCUT2D eigenvalue weighted by Crippen LogP contribution is 2.09. The summed E-state index contributed by atoms with van der Waals surface area (Å²) in [6, 6.07) is 17.5. The molecule has 0 fully saturated rings. The molecule has 0 aliphatic rings. The third-order valence-electron chi connectivity index (χ3n) is 2.33. The average Bonchev–Trinajstić information content (AvgIpc) is 2.47. The van der Waals surface area contributed by atoms with Gasteiger partial charge in [0.1, 0.15) is 12.4 Å². The van der Waals surface area contributed by atoms with Gasteiger partial charge in [-0.05, 0) is 17.7 Å². The fraction of sp³-hybridized carbons (Fsp3) is 0.0667. The number of esters is 2. The normalized spacial score (nSPS) is 9.68. The van der Waals surface area contributed by atoms with E-state index in [4.69, 9.17) is 9.47 Å². The summed E-state index contributed by atoms with van der Waals surface area (Å²) in [5.41, 5.74) is 0.809. The van der Waals surface area contributed by atoms with Crippen molar-refractivity contribution in [2.75, 3.05) is 0 Å². The Morgan fingerprint density at radius 3 is 2.00 bits per heavy atom. The molecule has 2 rings (SSSR count). The molecule has 0 aliphatic heterocycles. The van der Waals surface area contributed by atoms with Gasteiger partial charge in [-0.25, -0.2) is 9.59 Å². The van der Waals surface area contributed by atoms with Crippen molar-refractivity contribution in [1.29, 1.82) is 0 Å². The molecule has 2 aromatic carbocycles. The first kappa shape index (κ1) is 12.8. The van der Waals surface area contributed by atoms with Crippen LogP contribution in [0.3, 0.4) is 0 Å². The third kappa shape index (κ3) is 3.96. The molecule has 0 spiro atoms. The molecule has 0 N–H and O–H groups in total. The van der Waals surface area contributed by atoms with Crippen LogP contribution < -0.4 is 4.74 Å². The van der Waals surface area contributed by atoms with Crippen LogP contribution >= 0.6 is 0 Å². The first-order chi connectivity index (χ1) is 9.25. The molecule has 0 bridgehead atoms. The monoisotopic (exact) mass is 256 g/mol. The van der Waals surface area contributed by atoms with E-state index >= 15 is 0 Å². The molecule has 96 valence electrons. The molecule has 19 heavy (non-hydrogen) atoms. The van der Waals surface area contributed by atoms with E-state index in [0.29, 0.717) is 5.75 Å². The molecule has 0 aliphatic carbocycles. The van der Waals surface area contributed by atoms with Crippen molar-refractivity contribution < 1.29 is 19.1 Å². The van der Waals surface area contributed by atoms with Crippen LogP contribution in [-0.2, 0) is 20.9 Å². The van der Waals surface area contributed by atoms with Crippen molar-refractivity contribution in [2.24, 2.45) is 0 Å². The second-order valence-corrected chi connectivity index (χ2v) is 3.76. The standard InChI is InChI=1S/C15H12O4/c16-14(18-11-12-7-3-1-4-8-12)15(17)19-13-9-5-2-6-10-13/h1-10H,11H2. The Bertz CT molecular complexity index is 549. The third-order valence-corrected chi connectivity index (χ3v) is 2.33. The Hall–Kier alpha value is -2.62. The fourth-order valence-electron chi connectivity index (χ4n) is 1.42. The van der Waals surface area contributed by atoms with Crippen molar-refractivity contribution in [3.8, 4) is 5.75 Å². The fourth-order valence-corrected chi connectivity index (χ4v) is 1.42. The highest BCUT2D eigenvalue weighted by Gasteiger charge is 2.18. The maximum absolute atomic E-state index is 11.4. The van der Waals surface area contributed by atoms with Gasteiger partial charge in [0.25, 0.3) is 0 Å². The van der Waals surface area contributed by atoms with Crippen LogP contribution in [0.2, 0.25) is 0 Å². The Balaban J connectivity index is 1.85. The van der Waals surface area contributed by atoms with Gasteiger partial charge in [-0.15, -0.1) is 0 Å². The van der Waals surface area contributed by atoms with Crippen molar-refractivity contribution in [3.63, 3.8) is 0 Å². The molecular weight excluding hydrogens is 244 g/mol. The van der Waals surface area contributed by atoms with Crippen LogP contribution in [0.25, 0.3) is 0 Å². The summed E-state index contributed by atoms with van der Waals surface area (Å²) in [7, 11) is 0. The molecule has 4 heteroatoms. The minimum Gasteiger partial charge on any atom is -0.452 e. The lowest BCUT2D eigenvalue weighted by atomic mass is 10.2. The van der Waals surface area contributed by atoms with Crippen LogP contribution in [-0.4, -0.2) is 11.9 Å². The molecule has 0 radical (unpaired) electrons. The zero-order chi connectivity index (χ0) is 13.5. The summed E-state index contributed by atoms with van der Waals surface area (Å²) in [5.74, 6) is -1.72. The van der Waals surface area contributed by atoms with Gasteiger partial charge in [0, 0.05) is 0 Å². The van der Waals surface area contributed by atoms with Crippen molar-refractivity contribution >= 4 is 11.9 Å². The lowest BCUT2D eigenvalue weighted by molar-refractivity contribution is -0.163. The zero-order valence-electron chi connectivity index (χ0n) is 10.1. The number of carbonyl (C=O) groups excluding carboxylic acids is 2. The topological polar surface area (TPSA) is 52.6 Å². The maximum atomic E-state index is 11.4. The van der Waals surface area contributed by atoms with E-state index in [1.165, 1.54) is 0 Å². The Morgan fingerprint density at radius 2 is 1.37 bits per heavy atom. The van der Waals surface area contributed by atoms with E-state index in [0.717, 1.165) is 5.56 Å². The average molecular weight is 256 g/mol. The van der Waals surface area contributed by atoms with Gasteiger partial charge in [-0.3, -0.25) is 0 Å².